The second-order valence-corrected chi connectivity index (χ2v) is 8.69. The molecule has 2 aromatic rings. The molecule has 0 bridgehead atoms. The number of benzene rings is 2. The molecule has 0 fully saturated rings. The molecule has 1 heterocycles. The Labute approximate surface area is 168 Å². The Kier molecular flexibility index (Phi) is 5.59. The maximum absolute atomic E-state index is 11.1. The van der Waals surface area contributed by atoms with Crippen LogP contribution in [0.15, 0.2) is 47.5 Å². The van der Waals surface area contributed by atoms with Crippen LogP contribution in [0.1, 0.15) is 65.0 Å². The van der Waals surface area contributed by atoms with E-state index in [1.807, 2.05) is 30.5 Å². The van der Waals surface area contributed by atoms with Gasteiger partial charge in [-0.1, -0.05) is 13.0 Å². The second-order valence-electron chi connectivity index (χ2n) is 8.69. The van der Waals surface area contributed by atoms with Gasteiger partial charge in [0.15, 0.2) is 0 Å². The van der Waals surface area contributed by atoms with Gasteiger partial charge in [0, 0.05) is 36.1 Å². The lowest BCUT2D eigenvalue weighted by Crippen LogP contribution is -2.51. The molecule has 1 aliphatic rings. The van der Waals surface area contributed by atoms with Gasteiger partial charge in [-0.25, -0.2) is 0 Å². The zero-order valence-corrected chi connectivity index (χ0v) is 17.8. The number of fused-ring (bicyclic) bond motifs is 1. The van der Waals surface area contributed by atoms with Crippen LogP contribution in [0.4, 0.5) is 17.1 Å². The highest BCUT2D eigenvalue weighted by Gasteiger charge is 2.37. The Balaban J connectivity index is 1.84. The van der Waals surface area contributed by atoms with Crippen LogP contribution in [-0.2, 0) is 4.79 Å². The second kappa shape index (κ2) is 7.78. The Morgan fingerprint density at radius 1 is 1.21 bits per heavy atom. The first-order valence-electron chi connectivity index (χ1n) is 10.0. The zero-order valence-electron chi connectivity index (χ0n) is 17.8. The molecule has 0 aliphatic carbocycles. The molecule has 0 radical (unpaired) electrons. The minimum atomic E-state index is -0.0713. The van der Waals surface area contributed by atoms with Crippen LogP contribution in [0.5, 0.6) is 0 Å². The Hall–Kier alpha value is -2.62. The smallest absolute Gasteiger partial charge is 0.221 e. The highest BCUT2D eigenvalue weighted by Crippen LogP contribution is 2.44. The van der Waals surface area contributed by atoms with Crippen LogP contribution < -0.4 is 10.2 Å². The van der Waals surface area contributed by atoms with Gasteiger partial charge in [-0.2, -0.15) is 0 Å². The molecule has 4 heteroatoms. The molecule has 28 heavy (non-hydrogen) atoms. The van der Waals surface area contributed by atoms with Gasteiger partial charge in [-0.15, -0.1) is 0 Å². The summed E-state index contributed by atoms with van der Waals surface area (Å²) in [5.74, 6) is 0.448. The number of hydrogen-bond donors (Lipinski definition) is 1. The van der Waals surface area contributed by atoms with Gasteiger partial charge in [-0.3, -0.25) is 9.79 Å². The fourth-order valence-electron chi connectivity index (χ4n) is 4.51. The largest absolute Gasteiger partial charge is 0.364 e. The summed E-state index contributed by atoms with van der Waals surface area (Å²) in [5.41, 5.74) is 5.66. The fourth-order valence-corrected chi connectivity index (χ4v) is 4.51. The van der Waals surface area contributed by atoms with Crippen molar-refractivity contribution in [2.75, 3.05) is 10.2 Å². The number of hydrogen-bond acceptors (Lipinski definition) is 3. The van der Waals surface area contributed by atoms with Gasteiger partial charge in [0.05, 0.1) is 5.69 Å². The van der Waals surface area contributed by atoms with Crippen molar-refractivity contribution in [1.29, 1.82) is 0 Å². The van der Waals surface area contributed by atoms with Crippen molar-refractivity contribution in [2.24, 2.45) is 4.99 Å². The quantitative estimate of drug-likeness (QED) is 0.675. The van der Waals surface area contributed by atoms with Crippen molar-refractivity contribution < 1.29 is 4.79 Å². The van der Waals surface area contributed by atoms with E-state index in [4.69, 9.17) is 0 Å². The molecule has 0 saturated carbocycles. The van der Waals surface area contributed by atoms with E-state index in [0.717, 1.165) is 23.4 Å². The number of carbonyl (C=O) groups excluding carboxylic acids is 1. The highest BCUT2D eigenvalue weighted by molar-refractivity contribution is 5.89. The molecule has 0 spiro atoms. The first kappa shape index (κ1) is 20.1. The van der Waals surface area contributed by atoms with Crippen LogP contribution in [0.2, 0.25) is 0 Å². The normalized spacial score (nSPS) is 18.4. The van der Waals surface area contributed by atoms with Crippen molar-refractivity contribution in [2.45, 2.75) is 65.5 Å². The molecule has 1 atom stereocenters. The minimum Gasteiger partial charge on any atom is -0.364 e. The molecule has 1 amide bonds. The van der Waals surface area contributed by atoms with E-state index in [1.165, 1.54) is 18.2 Å². The molecular weight excluding hydrogens is 346 g/mol. The molecule has 2 aromatic carbocycles. The molecule has 0 aromatic heterocycles. The van der Waals surface area contributed by atoms with Gasteiger partial charge in [0.2, 0.25) is 5.91 Å². The molecule has 1 aliphatic heterocycles. The predicted octanol–water partition coefficient (Wildman–Crippen LogP) is 5.90. The van der Waals surface area contributed by atoms with Gasteiger partial charge in [0.1, 0.15) is 0 Å². The molecule has 4 nitrogen and oxygen atoms in total. The summed E-state index contributed by atoms with van der Waals surface area (Å²) in [4.78, 5) is 18.3. The fraction of sp³-hybridized carbons (Fsp3) is 0.417. The van der Waals surface area contributed by atoms with Crippen molar-refractivity contribution in [3.63, 3.8) is 0 Å². The molecule has 0 unspecified atom stereocenters. The average molecular weight is 378 g/mol. The Morgan fingerprint density at radius 3 is 2.50 bits per heavy atom. The summed E-state index contributed by atoms with van der Waals surface area (Å²) in [6, 6.07) is 14.7. The lowest BCUT2D eigenvalue weighted by Gasteiger charge is -2.50. The van der Waals surface area contributed by atoms with Crippen molar-refractivity contribution in [1.82, 2.24) is 0 Å². The minimum absolute atomic E-state index is 0.0713. The standard InChI is InChI=1S/C24H31N3O/c1-16(2)27-23-12-7-19(13-22(23)17(3)14-24(27,5)6)15-25-20-8-10-21(11-9-20)26-18(4)28/h7-13,15-17H,14H2,1-6H3,(H,26,28)/t17-/m0/s1. The van der Waals surface area contributed by atoms with Crippen LogP contribution >= 0.6 is 0 Å². The third-order valence-corrected chi connectivity index (χ3v) is 5.37. The van der Waals surface area contributed by atoms with Gasteiger partial charge in [-0.05, 0) is 87.6 Å². The van der Waals surface area contributed by atoms with E-state index in [-0.39, 0.29) is 11.4 Å². The third kappa shape index (κ3) is 4.27. The summed E-state index contributed by atoms with van der Waals surface area (Å²) in [6.07, 6.45) is 3.06. The topological polar surface area (TPSA) is 44.7 Å². The summed E-state index contributed by atoms with van der Waals surface area (Å²) >= 11 is 0. The lowest BCUT2D eigenvalue weighted by atomic mass is 9.79. The van der Waals surface area contributed by atoms with E-state index in [2.05, 4.69) is 68.0 Å². The van der Waals surface area contributed by atoms with E-state index in [0.29, 0.717) is 12.0 Å². The maximum Gasteiger partial charge on any atom is 0.221 e. The third-order valence-electron chi connectivity index (χ3n) is 5.37. The Morgan fingerprint density at radius 2 is 1.89 bits per heavy atom. The van der Waals surface area contributed by atoms with E-state index < -0.39 is 0 Å². The number of rotatable bonds is 4. The summed E-state index contributed by atoms with van der Waals surface area (Å²) in [6.45, 7) is 13.0. The van der Waals surface area contributed by atoms with Crippen LogP contribution in [-0.4, -0.2) is 23.7 Å². The maximum atomic E-state index is 11.1. The Bertz CT molecular complexity index is 881. The number of nitrogens with one attached hydrogen (secondary N) is 1. The van der Waals surface area contributed by atoms with Crippen LogP contribution in [0.3, 0.4) is 0 Å². The van der Waals surface area contributed by atoms with Crippen molar-refractivity contribution in [3.8, 4) is 0 Å². The van der Waals surface area contributed by atoms with E-state index in [1.54, 1.807) is 0 Å². The molecule has 0 saturated heterocycles. The van der Waals surface area contributed by atoms with Gasteiger partial charge >= 0.3 is 0 Å². The van der Waals surface area contributed by atoms with Crippen molar-refractivity contribution in [3.05, 3.63) is 53.6 Å². The number of carbonyl (C=O) groups is 1. The lowest BCUT2D eigenvalue weighted by molar-refractivity contribution is -0.114. The SMILES string of the molecule is CC(=O)Nc1ccc(N=Cc2ccc3c(c2)[C@@H](C)CC(C)(C)N3C(C)C)cc1. The average Bonchev–Trinajstić information content (AvgIpc) is 2.60. The summed E-state index contributed by atoms with van der Waals surface area (Å²) in [5, 5.41) is 2.77. The van der Waals surface area contributed by atoms with E-state index in [9.17, 15) is 4.79 Å². The summed E-state index contributed by atoms with van der Waals surface area (Å²) in [7, 11) is 0. The highest BCUT2D eigenvalue weighted by atomic mass is 16.1. The van der Waals surface area contributed by atoms with Crippen LogP contribution in [0, 0.1) is 0 Å². The number of anilines is 2. The summed E-state index contributed by atoms with van der Waals surface area (Å²) < 4.78 is 0. The molecular formula is C24H31N3O. The first-order valence-corrected chi connectivity index (χ1v) is 10.0. The number of aliphatic imine (C=N–C) groups is 1. The van der Waals surface area contributed by atoms with Crippen molar-refractivity contribution >= 4 is 29.2 Å². The number of nitrogens with zero attached hydrogens (tertiary/aromatic N) is 2. The van der Waals surface area contributed by atoms with Crippen LogP contribution in [0.25, 0.3) is 0 Å². The van der Waals surface area contributed by atoms with Gasteiger partial charge < -0.3 is 10.2 Å². The predicted molar refractivity (Wildman–Crippen MR) is 119 cm³/mol. The monoisotopic (exact) mass is 377 g/mol. The molecule has 3 rings (SSSR count). The molecule has 1 N–H and O–H groups in total. The van der Waals surface area contributed by atoms with E-state index >= 15 is 0 Å². The molecule has 148 valence electrons. The number of amides is 1. The first-order chi connectivity index (χ1) is 13.2. The van der Waals surface area contributed by atoms with Gasteiger partial charge in [0.25, 0.3) is 0 Å². The zero-order chi connectivity index (χ0) is 20.5.